The fraction of sp³-hybridized carbons (Fsp3) is 0.150. The molecule has 0 saturated heterocycles. The lowest BCUT2D eigenvalue weighted by molar-refractivity contribution is -0.116. The number of ether oxygens (including phenoxy) is 1. The first-order chi connectivity index (χ1) is 14.1. The second-order valence-corrected chi connectivity index (χ2v) is 7.26. The predicted octanol–water partition coefficient (Wildman–Crippen LogP) is 2.74. The van der Waals surface area contributed by atoms with Gasteiger partial charge < -0.3 is 10.1 Å². The Bertz CT molecular complexity index is 1030. The van der Waals surface area contributed by atoms with Gasteiger partial charge in [0.2, 0.25) is 11.0 Å². The average Bonchev–Trinajstić information content (AvgIpc) is 3.27. The SMILES string of the molecule is O=C(CCOc1ccccc1)Nc1nnc(CN2C(=O)c3ccccc3C2=O)s1. The fourth-order valence-electron chi connectivity index (χ4n) is 2.85. The highest BCUT2D eigenvalue weighted by atomic mass is 32.1. The predicted molar refractivity (Wildman–Crippen MR) is 106 cm³/mol. The van der Waals surface area contributed by atoms with E-state index in [9.17, 15) is 14.4 Å². The highest BCUT2D eigenvalue weighted by Crippen LogP contribution is 2.26. The molecular weight excluding hydrogens is 392 g/mol. The van der Waals surface area contributed by atoms with E-state index in [4.69, 9.17) is 4.74 Å². The Kier molecular flexibility index (Phi) is 5.30. The van der Waals surface area contributed by atoms with Gasteiger partial charge in [-0.1, -0.05) is 41.7 Å². The molecule has 0 fully saturated rings. The Balaban J connectivity index is 1.30. The van der Waals surface area contributed by atoms with Crippen LogP contribution in [0.4, 0.5) is 5.13 Å². The molecule has 146 valence electrons. The van der Waals surface area contributed by atoms with Crippen molar-refractivity contribution < 1.29 is 19.1 Å². The number of amides is 3. The summed E-state index contributed by atoms with van der Waals surface area (Å²) in [4.78, 5) is 38.0. The van der Waals surface area contributed by atoms with Crippen LogP contribution in [0.15, 0.2) is 54.6 Å². The van der Waals surface area contributed by atoms with Crippen LogP contribution >= 0.6 is 11.3 Å². The third kappa shape index (κ3) is 4.14. The van der Waals surface area contributed by atoms with Crippen LogP contribution in [0, 0.1) is 0 Å². The Labute approximate surface area is 170 Å². The second-order valence-electron chi connectivity index (χ2n) is 6.20. The molecule has 0 bridgehead atoms. The van der Waals surface area contributed by atoms with E-state index in [0.717, 1.165) is 16.2 Å². The number of anilines is 1. The van der Waals surface area contributed by atoms with Crippen LogP contribution in [-0.4, -0.2) is 39.4 Å². The number of aromatic nitrogens is 2. The summed E-state index contributed by atoms with van der Waals surface area (Å²) >= 11 is 1.12. The number of nitrogens with zero attached hydrogens (tertiary/aromatic N) is 3. The lowest BCUT2D eigenvalue weighted by Gasteiger charge is -2.10. The van der Waals surface area contributed by atoms with Crippen LogP contribution in [-0.2, 0) is 11.3 Å². The molecule has 1 aliphatic rings. The Morgan fingerprint density at radius 1 is 0.966 bits per heavy atom. The van der Waals surface area contributed by atoms with E-state index in [1.807, 2.05) is 30.3 Å². The van der Waals surface area contributed by atoms with E-state index < -0.39 is 0 Å². The minimum Gasteiger partial charge on any atom is -0.493 e. The quantitative estimate of drug-likeness (QED) is 0.603. The molecule has 3 aromatic rings. The maximum Gasteiger partial charge on any atom is 0.261 e. The number of fused-ring (bicyclic) bond motifs is 1. The van der Waals surface area contributed by atoms with Crippen LogP contribution < -0.4 is 10.1 Å². The van der Waals surface area contributed by atoms with Gasteiger partial charge in [0.05, 0.1) is 30.7 Å². The molecule has 0 saturated carbocycles. The Hall–Kier alpha value is -3.59. The summed E-state index contributed by atoms with van der Waals surface area (Å²) in [5, 5.41) is 11.3. The number of hydrogen-bond donors (Lipinski definition) is 1. The van der Waals surface area contributed by atoms with Crippen molar-refractivity contribution in [1.29, 1.82) is 0 Å². The summed E-state index contributed by atoms with van der Waals surface area (Å²) in [5.41, 5.74) is 0.767. The molecule has 0 spiro atoms. The van der Waals surface area contributed by atoms with Crippen molar-refractivity contribution in [3.63, 3.8) is 0 Å². The summed E-state index contributed by atoms with van der Waals surface area (Å²) in [5.74, 6) is -0.280. The maximum absolute atomic E-state index is 12.4. The molecule has 29 heavy (non-hydrogen) atoms. The smallest absolute Gasteiger partial charge is 0.261 e. The average molecular weight is 408 g/mol. The Morgan fingerprint density at radius 2 is 1.62 bits per heavy atom. The van der Waals surface area contributed by atoms with Crippen LogP contribution in [0.5, 0.6) is 5.75 Å². The van der Waals surface area contributed by atoms with E-state index in [-0.39, 0.29) is 37.3 Å². The molecule has 2 aromatic carbocycles. The fourth-order valence-corrected chi connectivity index (χ4v) is 3.59. The second kappa shape index (κ2) is 8.19. The topological polar surface area (TPSA) is 101 Å². The van der Waals surface area contributed by atoms with Gasteiger partial charge in [0, 0.05) is 0 Å². The number of carbonyl (C=O) groups excluding carboxylic acids is 3. The minimum atomic E-state index is -0.357. The van der Waals surface area contributed by atoms with Gasteiger partial charge in [-0.2, -0.15) is 0 Å². The summed E-state index contributed by atoms with van der Waals surface area (Å²) in [7, 11) is 0. The van der Waals surface area contributed by atoms with Gasteiger partial charge in [-0.15, -0.1) is 10.2 Å². The van der Waals surface area contributed by atoms with Gasteiger partial charge in [0.15, 0.2) is 0 Å². The highest BCUT2D eigenvalue weighted by Gasteiger charge is 2.35. The van der Waals surface area contributed by atoms with Crippen molar-refractivity contribution in [2.45, 2.75) is 13.0 Å². The molecule has 4 rings (SSSR count). The lowest BCUT2D eigenvalue weighted by atomic mass is 10.1. The lowest BCUT2D eigenvalue weighted by Crippen LogP contribution is -2.29. The maximum atomic E-state index is 12.4. The molecule has 1 aliphatic heterocycles. The number of para-hydroxylation sites is 1. The molecule has 1 aromatic heterocycles. The third-order valence-electron chi connectivity index (χ3n) is 4.23. The summed E-state index contributed by atoms with van der Waals surface area (Å²) in [6.07, 6.45) is 0.155. The third-order valence-corrected chi connectivity index (χ3v) is 5.05. The number of imide groups is 1. The van der Waals surface area contributed by atoms with Gasteiger partial charge in [-0.3, -0.25) is 19.3 Å². The van der Waals surface area contributed by atoms with Crippen molar-refractivity contribution in [2.24, 2.45) is 0 Å². The van der Waals surface area contributed by atoms with Gasteiger partial charge in [-0.25, -0.2) is 0 Å². The van der Waals surface area contributed by atoms with Gasteiger partial charge in [0.25, 0.3) is 11.8 Å². The normalized spacial score (nSPS) is 12.8. The van der Waals surface area contributed by atoms with Gasteiger partial charge >= 0.3 is 0 Å². The van der Waals surface area contributed by atoms with Gasteiger partial charge in [-0.05, 0) is 24.3 Å². The molecule has 8 nitrogen and oxygen atoms in total. The minimum absolute atomic E-state index is 0.0109. The molecule has 1 N–H and O–H groups in total. The molecule has 3 amide bonds. The Morgan fingerprint density at radius 3 is 2.31 bits per heavy atom. The molecule has 0 unspecified atom stereocenters. The molecular formula is C20H16N4O4S. The number of rotatable bonds is 7. The first-order valence-electron chi connectivity index (χ1n) is 8.87. The number of benzene rings is 2. The van der Waals surface area contributed by atoms with E-state index in [2.05, 4.69) is 15.5 Å². The van der Waals surface area contributed by atoms with E-state index >= 15 is 0 Å². The summed E-state index contributed by atoms with van der Waals surface area (Å²) in [6.45, 7) is 0.244. The molecule has 0 atom stereocenters. The van der Waals surface area contributed by atoms with E-state index in [0.29, 0.717) is 27.0 Å². The molecule has 0 radical (unpaired) electrons. The van der Waals surface area contributed by atoms with Crippen molar-refractivity contribution in [1.82, 2.24) is 15.1 Å². The first-order valence-corrected chi connectivity index (χ1v) is 9.69. The van der Waals surface area contributed by atoms with E-state index in [1.54, 1.807) is 24.3 Å². The van der Waals surface area contributed by atoms with E-state index in [1.165, 1.54) is 0 Å². The summed E-state index contributed by atoms with van der Waals surface area (Å²) in [6, 6.07) is 15.9. The van der Waals surface area contributed by atoms with Crippen molar-refractivity contribution >= 4 is 34.2 Å². The number of nitrogens with one attached hydrogen (secondary N) is 1. The zero-order valence-electron chi connectivity index (χ0n) is 15.2. The highest BCUT2D eigenvalue weighted by molar-refractivity contribution is 7.15. The van der Waals surface area contributed by atoms with Crippen molar-refractivity contribution in [2.75, 3.05) is 11.9 Å². The van der Waals surface area contributed by atoms with Crippen molar-refractivity contribution in [3.8, 4) is 5.75 Å². The standard InChI is InChI=1S/C20H16N4O4S/c25-16(10-11-28-13-6-2-1-3-7-13)21-20-23-22-17(29-20)12-24-18(26)14-8-4-5-9-15(14)19(24)27/h1-9H,10-12H2,(H,21,23,25). The monoisotopic (exact) mass is 408 g/mol. The zero-order valence-corrected chi connectivity index (χ0v) is 16.0. The number of hydrogen-bond acceptors (Lipinski definition) is 7. The zero-order chi connectivity index (χ0) is 20.2. The van der Waals surface area contributed by atoms with Crippen LogP contribution in [0.3, 0.4) is 0 Å². The molecule has 2 heterocycles. The number of carbonyl (C=O) groups is 3. The molecule has 0 aliphatic carbocycles. The van der Waals surface area contributed by atoms with Crippen molar-refractivity contribution in [3.05, 3.63) is 70.7 Å². The largest absolute Gasteiger partial charge is 0.493 e. The first kappa shape index (κ1) is 18.8. The van der Waals surface area contributed by atoms with Crippen LogP contribution in [0.1, 0.15) is 32.1 Å². The van der Waals surface area contributed by atoms with Crippen LogP contribution in [0.2, 0.25) is 0 Å². The van der Waals surface area contributed by atoms with Gasteiger partial charge in [0.1, 0.15) is 10.8 Å². The summed E-state index contributed by atoms with van der Waals surface area (Å²) < 4.78 is 5.49. The van der Waals surface area contributed by atoms with Crippen LogP contribution in [0.25, 0.3) is 0 Å². The molecule has 9 heteroatoms.